The fourth-order valence-electron chi connectivity index (χ4n) is 2.03. The highest BCUT2D eigenvalue weighted by Gasteiger charge is 2.03. The van der Waals surface area contributed by atoms with E-state index in [4.69, 9.17) is 17.3 Å². The summed E-state index contributed by atoms with van der Waals surface area (Å²) in [6.07, 6.45) is 3.35. The maximum absolute atomic E-state index is 5.93. The number of nitrogens with zero attached hydrogens (tertiary/aromatic N) is 3. The van der Waals surface area contributed by atoms with Gasteiger partial charge in [0.25, 0.3) is 0 Å². The molecule has 3 rings (SSSR count). The molecule has 124 valence electrons. The van der Waals surface area contributed by atoms with Gasteiger partial charge in [0.15, 0.2) is 5.84 Å². The number of nitrogens with two attached hydrogens (primary N) is 1. The summed E-state index contributed by atoms with van der Waals surface area (Å²) in [6, 6.07) is 21.1. The lowest BCUT2D eigenvalue weighted by molar-refractivity contribution is 1.19. The third kappa shape index (κ3) is 4.92. The Kier molecular flexibility index (Phi) is 5.82. The average molecular weight is 367 g/mol. The van der Waals surface area contributed by atoms with Crippen LogP contribution in [0.1, 0.15) is 11.3 Å². The molecule has 4 nitrogen and oxygen atoms in total. The monoisotopic (exact) mass is 366 g/mol. The van der Waals surface area contributed by atoms with Crippen molar-refractivity contribution in [3.63, 3.8) is 0 Å². The summed E-state index contributed by atoms with van der Waals surface area (Å²) >= 11 is 7.57. The highest BCUT2D eigenvalue weighted by atomic mass is 35.5. The van der Waals surface area contributed by atoms with Crippen molar-refractivity contribution in [3.05, 3.63) is 89.2 Å². The van der Waals surface area contributed by atoms with Crippen LogP contribution in [0.4, 0.5) is 0 Å². The molecule has 3 aromatic rings. The molecule has 0 atom stereocenters. The first-order chi connectivity index (χ1) is 12.2. The van der Waals surface area contributed by atoms with Crippen molar-refractivity contribution < 1.29 is 0 Å². The van der Waals surface area contributed by atoms with Gasteiger partial charge < -0.3 is 5.73 Å². The van der Waals surface area contributed by atoms with E-state index in [0.29, 0.717) is 5.69 Å². The summed E-state index contributed by atoms with van der Waals surface area (Å²) in [4.78, 5) is 6.31. The van der Waals surface area contributed by atoms with Crippen molar-refractivity contribution in [1.29, 1.82) is 0 Å². The van der Waals surface area contributed by atoms with Crippen molar-refractivity contribution in [3.8, 4) is 0 Å². The Morgan fingerprint density at radius 3 is 2.52 bits per heavy atom. The van der Waals surface area contributed by atoms with E-state index in [1.165, 1.54) is 0 Å². The number of hydrogen-bond acceptors (Lipinski definition) is 4. The Labute approximate surface area is 155 Å². The minimum Gasteiger partial charge on any atom is -0.380 e. The second-order valence-electron chi connectivity index (χ2n) is 5.04. The number of halogens is 1. The fourth-order valence-corrected chi connectivity index (χ4v) is 3.07. The van der Waals surface area contributed by atoms with E-state index in [1.54, 1.807) is 30.2 Å². The highest BCUT2D eigenvalue weighted by molar-refractivity contribution is 7.99. The summed E-state index contributed by atoms with van der Waals surface area (Å²) in [7, 11) is 0. The van der Waals surface area contributed by atoms with Crippen LogP contribution < -0.4 is 5.73 Å². The molecule has 2 aromatic carbocycles. The molecule has 0 amide bonds. The number of hydrogen-bond donors (Lipinski definition) is 1. The van der Waals surface area contributed by atoms with Gasteiger partial charge in [0, 0.05) is 26.6 Å². The molecule has 1 aromatic heterocycles. The Morgan fingerprint density at radius 1 is 1.00 bits per heavy atom. The van der Waals surface area contributed by atoms with Gasteiger partial charge in [0.1, 0.15) is 5.69 Å². The molecule has 1 heterocycles. The van der Waals surface area contributed by atoms with Crippen molar-refractivity contribution in [1.82, 2.24) is 4.98 Å². The van der Waals surface area contributed by atoms with Gasteiger partial charge in [-0.05, 0) is 42.5 Å². The van der Waals surface area contributed by atoms with Gasteiger partial charge >= 0.3 is 0 Å². The van der Waals surface area contributed by atoms with Crippen LogP contribution in [0.5, 0.6) is 0 Å². The second-order valence-corrected chi connectivity index (χ2v) is 6.59. The third-order valence-electron chi connectivity index (χ3n) is 3.25. The van der Waals surface area contributed by atoms with Crippen LogP contribution >= 0.6 is 23.4 Å². The van der Waals surface area contributed by atoms with Gasteiger partial charge in [-0.3, -0.25) is 4.98 Å². The van der Waals surface area contributed by atoms with E-state index in [2.05, 4.69) is 15.2 Å². The molecule has 2 N–H and O–H groups in total. The molecule has 0 aliphatic carbocycles. The molecule has 6 heteroatoms. The first kappa shape index (κ1) is 17.2. The fraction of sp³-hybridized carbons (Fsp3) is 0. The first-order valence-corrected chi connectivity index (χ1v) is 8.72. The number of pyridine rings is 1. The van der Waals surface area contributed by atoms with Crippen LogP contribution in [0.25, 0.3) is 0 Å². The number of amidine groups is 1. The largest absolute Gasteiger partial charge is 0.380 e. The Hall–Kier alpha value is -2.63. The van der Waals surface area contributed by atoms with E-state index in [9.17, 15) is 0 Å². The molecule has 25 heavy (non-hydrogen) atoms. The summed E-state index contributed by atoms with van der Waals surface area (Å²) in [5, 5.41) is 8.84. The quantitative estimate of drug-likeness (QED) is 0.407. The number of rotatable bonds is 5. The van der Waals surface area contributed by atoms with Crippen LogP contribution in [0.15, 0.2) is 92.9 Å². The van der Waals surface area contributed by atoms with Gasteiger partial charge in [0.05, 0.1) is 6.21 Å². The normalized spacial score (nSPS) is 11.8. The van der Waals surface area contributed by atoms with Gasteiger partial charge in [-0.15, -0.1) is 5.10 Å². The molecule has 0 aliphatic rings. The van der Waals surface area contributed by atoms with Crippen LogP contribution in [-0.4, -0.2) is 17.0 Å². The molecule has 0 aliphatic heterocycles. The predicted octanol–water partition coefficient (Wildman–Crippen LogP) is 4.63. The number of aromatic nitrogens is 1. The lowest BCUT2D eigenvalue weighted by atomic mass is 10.2. The van der Waals surface area contributed by atoms with E-state index in [-0.39, 0.29) is 5.84 Å². The van der Waals surface area contributed by atoms with Crippen molar-refractivity contribution in [2.75, 3.05) is 0 Å². The standard InChI is InChI=1S/C19H15ClN4S/c20-15-8-10-16(11-9-15)25-18-7-2-1-5-14(18)13-23-24-19(21)17-6-3-4-12-22-17/h1-13H,(H2,21,24). The molecule has 0 unspecified atom stereocenters. The third-order valence-corrected chi connectivity index (χ3v) is 4.60. The molecular weight excluding hydrogens is 352 g/mol. The molecule has 0 spiro atoms. The summed E-state index contributed by atoms with van der Waals surface area (Å²) in [5.74, 6) is 0.277. The Balaban J connectivity index is 1.77. The van der Waals surface area contributed by atoms with Gasteiger partial charge in [-0.1, -0.05) is 47.6 Å². The highest BCUT2D eigenvalue weighted by Crippen LogP contribution is 2.30. The minimum atomic E-state index is 0.277. The van der Waals surface area contributed by atoms with E-state index in [0.717, 1.165) is 20.4 Å². The Bertz CT molecular complexity index is 893. The zero-order chi connectivity index (χ0) is 17.5. The zero-order valence-corrected chi connectivity index (χ0v) is 14.8. The second kappa shape index (κ2) is 8.46. The van der Waals surface area contributed by atoms with Crippen LogP contribution in [0.3, 0.4) is 0 Å². The molecule has 0 radical (unpaired) electrons. The molecular formula is C19H15ClN4S. The molecule has 0 bridgehead atoms. The molecule has 0 saturated carbocycles. The maximum atomic E-state index is 5.93. The van der Waals surface area contributed by atoms with Crippen molar-refractivity contribution in [2.45, 2.75) is 9.79 Å². The van der Waals surface area contributed by atoms with Crippen LogP contribution in [0.2, 0.25) is 5.02 Å². The summed E-state index contributed by atoms with van der Waals surface area (Å²) in [5.41, 5.74) is 7.45. The first-order valence-electron chi connectivity index (χ1n) is 7.53. The van der Waals surface area contributed by atoms with Gasteiger partial charge in [-0.2, -0.15) is 5.10 Å². The van der Waals surface area contributed by atoms with E-state index >= 15 is 0 Å². The van der Waals surface area contributed by atoms with Gasteiger partial charge in [-0.25, -0.2) is 0 Å². The number of benzene rings is 2. The zero-order valence-electron chi connectivity index (χ0n) is 13.2. The van der Waals surface area contributed by atoms with Crippen LogP contribution in [-0.2, 0) is 0 Å². The van der Waals surface area contributed by atoms with E-state index < -0.39 is 0 Å². The van der Waals surface area contributed by atoms with Gasteiger partial charge in [0.2, 0.25) is 0 Å². The lowest BCUT2D eigenvalue weighted by Gasteiger charge is -2.05. The van der Waals surface area contributed by atoms with Crippen molar-refractivity contribution >= 4 is 35.4 Å². The van der Waals surface area contributed by atoms with Crippen LogP contribution in [0, 0.1) is 0 Å². The summed E-state index contributed by atoms with van der Waals surface area (Å²) in [6.45, 7) is 0. The predicted molar refractivity (Wildman–Crippen MR) is 105 cm³/mol. The smallest absolute Gasteiger partial charge is 0.171 e. The summed E-state index contributed by atoms with van der Waals surface area (Å²) < 4.78 is 0. The van der Waals surface area contributed by atoms with E-state index in [1.807, 2.05) is 60.7 Å². The lowest BCUT2D eigenvalue weighted by Crippen LogP contribution is -2.14. The SMILES string of the molecule is NC(=NN=Cc1ccccc1Sc1ccc(Cl)cc1)c1ccccn1. The maximum Gasteiger partial charge on any atom is 0.171 e. The average Bonchev–Trinajstić information content (AvgIpc) is 2.65. The topological polar surface area (TPSA) is 63.6 Å². The molecule has 0 saturated heterocycles. The Morgan fingerprint density at radius 2 is 1.76 bits per heavy atom. The van der Waals surface area contributed by atoms with Crippen molar-refractivity contribution in [2.24, 2.45) is 15.9 Å². The minimum absolute atomic E-state index is 0.277. The molecule has 0 fully saturated rings.